The Morgan fingerprint density at radius 3 is 2.27 bits per heavy atom. The first-order chi connectivity index (χ1) is 12.4. The van der Waals surface area contributed by atoms with Crippen LogP contribution in [0.4, 0.5) is 4.79 Å². The highest BCUT2D eigenvalue weighted by Gasteiger charge is 2.35. The normalized spacial score (nSPS) is 18.8. The van der Waals surface area contributed by atoms with E-state index in [4.69, 9.17) is 0 Å². The standard InChI is InChI=1S/C19H26N4O3/c1-19(2,15-6-4-3-5-7-15)17(25)22-12-10-21(11-13-22)14-16(24)23-9-8-20-18(23)26/h3-7H,8-14H2,1-2H3,(H,20,26). The average molecular weight is 358 g/mol. The van der Waals surface area contributed by atoms with Gasteiger partial charge in [0.2, 0.25) is 11.8 Å². The number of imide groups is 1. The number of nitrogens with zero attached hydrogens (tertiary/aromatic N) is 3. The third-order valence-electron chi connectivity index (χ3n) is 5.21. The molecule has 0 spiro atoms. The van der Waals surface area contributed by atoms with Gasteiger partial charge in [-0.1, -0.05) is 30.3 Å². The molecule has 2 fully saturated rings. The maximum atomic E-state index is 13.0. The minimum atomic E-state index is -0.576. The van der Waals surface area contributed by atoms with Gasteiger partial charge in [0.1, 0.15) is 0 Å². The van der Waals surface area contributed by atoms with Crippen LogP contribution in [0.1, 0.15) is 19.4 Å². The summed E-state index contributed by atoms with van der Waals surface area (Å²) in [5.41, 5.74) is 0.426. The number of hydrogen-bond acceptors (Lipinski definition) is 4. The third-order valence-corrected chi connectivity index (χ3v) is 5.21. The Bertz CT molecular complexity index is 681. The van der Waals surface area contributed by atoms with Crippen LogP contribution < -0.4 is 5.32 Å². The number of carbonyl (C=O) groups excluding carboxylic acids is 3. The first kappa shape index (κ1) is 18.4. The number of amides is 4. The lowest BCUT2D eigenvalue weighted by atomic mass is 9.83. The summed E-state index contributed by atoms with van der Waals surface area (Å²) in [4.78, 5) is 41.9. The molecule has 0 radical (unpaired) electrons. The summed E-state index contributed by atoms with van der Waals surface area (Å²) >= 11 is 0. The SMILES string of the molecule is CC(C)(C(=O)N1CCN(CC(=O)N2CCNC2=O)CC1)c1ccccc1. The Hall–Kier alpha value is -2.41. The first-order valence-corrected chi connectivity index (χ1v) is 9.05. The number of carbonyl (C=O) groups is 3. The average Bonchev–Trinajstić information content (AvgIpc) is 3.08. The predicted molar refractivity (Wildman–Crippen MR) is 97.6 cm³/mol. The Kier molecular flexibility index (Phi) is 5.27. The molecule has 0 saturated carbocycles. The lowest BCUT2D eigenvalue weighted by Crippen LogP contribution is -2.54. The number of hydrogen-bond donors (Lipinski definition) is 1. The van der Waals surface area contributed by atoms with Crippen molar-refractivity contribution in [1.29, 1.82) is 0 Å². The summed E-state index contributed by atoms with van der Waals surface area (Å²) in [5, 5.41) is 2.64. The second-order valence-electron chi connectivity index (χ2n) is 7.34. The van der Waals surface area contributed by atoms with Gasteiger partial charge in [-0.05, 0) is 19.4 Å². The molecular weight excluding hydrogens is 332 g/mol. The van der Waals surface area contributed by atoms with Crippen molar-refractivity contribution in [3.05, 3.63) is 35.9 Å². The van der Waals surface area contributed by atoms with E-state index < -0.39 is 5.41 Å². The summed E-state index contributed by atoms with van der Waals surface area (Å²) in [6.07, 6.45) is 0. The Morgan fingerprint density at radius 1 is 1.04 bits per heavy atom. The van der Waals surface area contributed by atoms with Crippen LogP contribution in [0.2, 0.25) is 0 Å². The van der Waals surface area contributed by atoms with E-state index in [9.17, 15) is 14.4 Å². The quantitative estimate of drug-likeness (QED) is 0.858. The molecule has 7 nitrogen and oxygen atoms in total. The fourth-order valence-electron chi connectivity index (χ4n) is 3.47. The van der Waals surface area contributed by atoms with Crippen LogP contribution in [0, 0.1) is 0 Å². The lowest BCUT2D eigenvalue weighted by Gasteiger charge is -2.38. The number of piperazine rings is 1. The van der Waals surface area contributed by atoms with E-state index in [-0.39, 0.29) is 24.4 Å². The summed E-state index contributed by atoms with van der Waals surface area (Å²) in [6, 6.07) is 9.49. The minimum absolute atomic E-state index is 0.105. The van der Waals surface area contributed by atoms with Gasteiger partial charge in [-0.25, -0.2) is 4.79 Å². The van der Waals surface area contributed by atoms with Crippen LogP contribution in [0.5, 0.6) is 0 Å². The van der Waals surface area contributed by atoms with E-state index in [0.29, 0.717) is 39.3 Å². The Balaban J connectivity index is 1.54. The van der Waals surface area contributed by atoms with Gasteiger partial charge in [0.15, 0.2) is 0 Å². The summed E-state index contributed by atoms with van der Waals surface area (Å²) in [6.45, 7) is 7.53. The summed E-state index contributed by atoms with van der Waals surface area (Å²) in [7, 11) is 0. The van der Waals surface area contributed by atoms with Crippen molar-refractivity contribution < 1.29 is 14.4 Å². The zero-order valence-electron chi connectivity index (χ0n) is 15.4. The van der Waals surface area contributed by atoms with Crippen molar-refractivity contribution in [3.8, 4) is 0 Å². The van der Waals surface area contributed by atoms with Crippen molar-refractivity contribution in [1.82, 2.24) is 20.0 Å². The Morgan fingerprint density at radius 2 is 1.69 bits per heavy atom. The molecule has 1 aromatic rings. The van der Waals surface area contributed by atoms with E-state index in [0.717, 1.165) is 5.56 Å². The Labute approximate surface area is 153 Å². The highest BCUT2D eigenvalue weighted by atomic mass is 16.2. The highest BCUT2D eigenvalue weighted by Crippen LogP contribution is 2.26. The van der Waals surface area contributed by atoms with Crippen molar-refractivity contribution in [2.75, 3.05) is 45.8 Å². The van der Waals surface area contributed by atoms with Gasteiger partial charge < -0.3 is 10.2 Å². The molecule has 0 aliphatic carbocycles. The molecule has 1 N–H and O–H groups in total. The highest BCUT2D eigenvalue weighted by molar-refractivity contribution is 5.96. The fraction of sp³-hybridized carbons (Fsp3) is 0.526. The van der Waals surface area contributed by atoms with E-state index in [1.807, 2.05) is 54.0 Å². The summed E-state index contributed by atoms with van der Waals surface area (Å²) in [5.74, 6) is -0.0713. The van der Waals surface area contributed by atoms with Gasteiger partial charge in [-0.15, -0.1) is 0 Å². The second-order valence-corrected chi connectivity index (χ2v) is 7.34. The molecule has 1 aromatic carbocycles. The van der Waals surface area contributed by atoms with Crippen molar-refractivity contribution in [3.63, 3.8) is 0 Å². The predicted octanol–water partition coefficient (Wildman–Crippen LogP) is 0.660. The van der Waals surface area contributed by atoms with Crippen molar-refractivity contribution in [2.24, 2.45) is 0 Å². The molecule has 3 rings (SSSR count). The number of rotatable bonds is 4. The molecule has 2 aliphatic heterocycles. The summed E-state index contributed by atoms with van der Waals surface area (Å²) < 4.78 is 0. The number of nitrogens with one attached hydrogen (secondary N) is 1. The largest absolute Gasteiger partial charge is 0.339 e. The van der Waals surface area contributed by atoms with Crippen LogP contribution in [-0.2, 0) is 15.0 Å². The van der Waals surface area contributed by atoms with Crippen molar-refractivity contribution >= 4 is 17.8 Å². The van der Waals surface area contributed by atoms with E-state index in [1.54, 1.807) is 0 Å². The lowest BCUT2D eigenvalue weighted by molar-refractivity contribution is -0.138. The minimum Gasteiger partial charge on any atom is -0.339 e. The molecule has 0 atom stereocenters. The van der Waals surface area contributed by atoms with Crippen LogP contribution in [0.25, 0.3) is 0 Å². The second kappa shape index (κ2) is 7.45. The topological polar surface area (TPSA) is 73.0 Å². The van der Waals surface area contributed by atoms with Gasteiger partial charge in [-0.2, -0.15) is 0 Å². The zero-order valence-corrected chi connectivity index (χ0v) is 15.4. The number of urea groups is 1. The third kappa shape index (κ3) is 3.72. The fourth-order valence-corrected chi connectivity index (χ4v) is 3.47. The van der Waals surface area contributed by atoms with Gasteiger partial charge >= 0.3 is 6.03 Å². The molecule has 2 saturated heterocycles. The zero-order chi connectivity index (χ0) is 18.7. The smallest absolute Gasteiger partial charge is 0.324 e. The molecular formula is C19H26N4O3. The molecule has 2 aliphatic rings. The molecule has 26 heavy (non-hydrogen) atoms. The van der Waals surface area contributed by atoms with E-state index in [2.05, 4.69) is 5.32 Å². The molecule has 7 heteroatoms. The van der Waals surface area contributed by atoms with Gasteiger partial charge in [0, 0.05) is 39.3 Å². The van der Waals surface area contributed by atoms with E-state index >= 15 is 0 Å². The first-order valence-electron chi connectivity index (χ1n) is 9.05. The molecule has 140 valence electrons. The van der Waals surface area contributed by atoms with Gasteiger partial charge in [0.25, 0.3) is 0 Å². The maximum absolute atomic E-state index is 13.0. The van der Waals surface area contributed by atoms with Crippen molar-refractivity contribution in [2.45, 2.75) is 19.3 Å². The van der Waals surface area contributed by atoms with Gasteiger partial charge in [0.05, 0.1) is 12.0 Å². The maximum Gasteiger partial charge on any atom is 0.324 e. The molecule has 0 aromatic heterocycles. The monoisotopic (exact) mass is 358 g/mol. The molecule has 2 heterocycles. The van der Waals surface area contributed by atoms with E-state index in [1.165, 1.54) is 4.90 Å². The molecule has 0 unspecified atom stereocenters. The van der Waals surface area contributed by atoms with Crippen LogP contribution in [-0.4, -0.2) is 78.4 Å². The van der Waals surface area contributed by atoms with Crippen LogP contribution >= 0.6 is 0 Å². The van der Waals surface area contributed by atoms with Crippen LogP contribution in [0.15, 0.2) is 30.3 Å². The number of benzene rings is 1. The van der Waals surface area contributed by atoms with Crippen LogP contribution in [0.3, 0.4) is 0 Å². The molecule has 4 amide bonds. The molecule has 0 bridgehead atoms. The van der Waals surface area contributed by atoms with Gasteiger partial charge in [-0.3, -0.25) is 19.4 Å².